The summed E-state index contributed by atoms with van der Waals surface area (Å²) in [5, 5.41) is 8.73. The Morgan fingerprint density at radius 1 is 1.26 bits per heavy atom. The Morgan fingerprint density at radius 2 is 2.11 bits per heavy atom. The molecule has 1 aromatic carbocycles. The van der Waals surface area contributed by atoms with E-state index in [1.165, 1.54) is 12.0 Å². The van der Waals surface area contributed by atoms with Crippen LogP contribution in [-0.2, 0) is 0 Å². The van der Waals surface area contributed by atoms with Crippen LogP contribution in [0, 0.1) is 11.3 Å². The smallest absolute Gasteiger partial charge is 0.161 e. The van der Waals surface area contributed by atoms with Gasteiger partial charge in [0.05, 0.1) is 6.07 Å². The van der Waals surface area contributed by atoms with Crippen molar-refractivity contribution in [2.45, 2.75) is 25.3 Å². The van der Waals surface area contributed by atoms with Gasteiger partial charge in [0.15, 0.2) is 11.5 Å². The van der Waals surface area contributed by atoms with Crippen LogP contribution >= 0.6 is 0 Å². The highest BCUT2D eigenvalue weighted by Gasteiger charge is 2.26. The first-order valence-corrected chi connectivity index (χ1v) is 6.89. The number of ether oxygens (including phenoxy) is 2. The zero-order valence-electron chi connectivity index (χ0n) is 11.0. The molecule has 0 saturated carbocycles. The first-order chi connectivity index (χ1) is 9.38. The van der Waals surface area contributed by atoms with E-state index in [0.29, 0.717) is 25.7 Å². The van der Waals surface area contributed by atoms with Crippen LogP contribution in [0.5, 0.6) is 11.5 Å². The molecule has 4 heteroatoms. The van der Waals surface area contributed by atoms with E-state index in [4.69, 9.17) is 14.7 Å². The van der Waals surface area contributed by atoms with Crippen molar-refractivity contribution in [3.63, 3.8) is 0 Å². The first kappa shape index (κ1) is 12.3. The number of hydrogen-bond donors (Lipinski definition) is 0. The van der Waals surface area contributed by atoms with Gasteiger partial charge in [0.1, 0.15) is 13.2 Å². The van der Waals surface area contributed by atoms with Crippen LogP contribution in [0.25, 0.3) is 0 Å². The lowest BCUT2D eigenvalue weighted by atomic mass is 10.0. The highest BCUT2D eigenvalue weighted by molar-refractivity contribution is 5.44. The SMILES string of the molecule is N#CCCN1CCCC1c1ccc2c(c1)OCCO2. The molecule has 2 heterocycles. The van der Waals surface area contributed by atoms with E-state index in [0.717, 1.165) is 31.0 Å². The van der Waals surface area contributed by atoms with Crippen molar-refractivity contribution in [3.05, 3.63) is 23.8 Å². The van der Waals surface area contributed by atoms with Gasteiger partial charge in [-0.1, -0.05) is 6.07 Å². The normalized spacial score (nSPS) is 22.2. The molecule has 100 valence electrons. The third kappa shape index (κ3) is 2.52. The van der Waals surface area contributed by atoms with Crippen LogP contribution < -0.4 is 9.47 Å². The van der Waals surface area contributed by atoms with E-state index >= 15 is 0 Å². The second kappa shape index (κ2) is 5.50. The van der Waals surface area contributed by atoms with Gasteiger partial charge in [-0.2, -0.15) is 5.26 Å². The molecule has 19 heavy (non-hydrogen) atoms. The van der Waals surface area contributed by atoms with Crippen molar-refractivity contribution in [1.82, 2.24) is 4.90 Å². The Hall–Kier alpha value is -1.73. The van der Waals surface area contributed by atoms with Crippen LogP contribution in [0.1, 0.15) is 30.9 Å². The number of nitrogens with zero attached hydrogens (tertiary/aromatic N) is 2. The average Bonchev–Trinajstić information content (AvgIpc) is 2.93. The van der Waals surface area contributed by atoms with E-state index < -0.39 is 0 Å². The molecule has 0 amide bonds. The summed E-state index contributed by atoms with van der Waals surface area (Å²) in [5.41, 5.74) is 1.28. The fraction of sp³-hybridized carbons (Fsp3) is 0.533. The summed E-state index contributed by atoms with van der Waals surface area (Å²) >= 11 is 0. The fourth-order valence-corrected chi connectivity index (χ4v) is 2.93. The molecule has 4 nitrogen and oxygen atoms in total. The highest BCUT2D eigenvalue weighted by Crippen LogP contribution is 2.37. The molecule has 0 aliphatic carbocycles. The lowest BCUT2D eigenvalue weighted by Crippen LogP contribution is -2.24. The van der Waals surface area contributed by atoms with E-state index in [9.17, 15) is 0 Å². The highest BCUT2D eigenvalue weighted by atomic mass is 16.6. The van der Waals surface area contributed by atoms with E-state index in [1.807, 2.05) is 6.07 Å². The number of benzene rings is 1. The molecule has 0 spiro atoms. The lowest BCUT2D eigenvalue weighted by molar-refractivity contribution is 0.170. The number of fused-ring (bicyclic) bond motifs is 1. The first-order valence-electron chi connectivity index (χ1n) is 6.89. The molecule has 1 fully saturated rings. The van der Waals surface area contributed by atoms with Gasteiger partial charge in [0, 0.05) is 19.0 Å². The van der Waals surface area contributed by atoms with Crippen molar-refractivity contribution in [1.29, 1.82) is 5.26 Å². The summed E-state index contributed by atoms with van der Waals surface area (Å²) in [6.45, 7) is 3.19. The largest absolute Gasteiger partial charge is 0.486 e. The summed E-state index contributed by atoms with van der Waals surface area (Å²) in [6, 6.07) is 8.88. The standard InChI is InChI=1S/C15H18N2O2/c16-6-2-8-17-7-1-3-13(17)12-4-5-14-15(11-12)19-10-9-18-14/h4-5,11,13H,1-3,7-10H2. The molecule has 0 N–H and O–H groups in total. The van der Waals surface area contributed by atoms with Crippen LogP contribution in [-0.4, -0.2) is 31.2 Å². The molecule has 1 aromatic rings. The second-order valence-electron chi connectivity index (χ2n) is 5.01. The Labute approximate surface area is 113 Å². The molecule has 0 aromatic heterocycles. The molecule has 2 aliphatic heterocycles. The predicted molar refractivity (Wildman–Crippen MR) is 71.2 cm³/mol. The zero-order valence-corrected chi connectivity index (χ0v) is 11.0. The Morgan fingerprint density at radius 3 is 2.95 bits per heavy atom. The van der Waals surface area contributed by atoms with Crippen molar-refractivity contribution < 1.29 is 9.47 Å². The minimum atomic E-state index is 0.421. The number of hydrogen-bond acceptors (Lipinski definition) is 4. The number of nitriles is 1. The maximum Gasteiger partial charge on any atom is 0.161 e. The summed E-state index contributed by atoms with van der Waals surface area (Å²) in [6.07, 6.45) is 2.96. The molecule has 1 unspecified atom stereocenters. The zero-order chi connectivity index (χ0) is 13.1. The topological polar surface area (TPSA) is 45.5 Å². The van der Waals surface area contributed by atoms with Gasteiger partial charge in [-0.15, -0.1) is 0 Å². The monoisotopic (exact) mass is 258 g/mol. The third-order valence-electron chi connectivity index (χ3n) is 3.83. The van der Waals surface area contributed by atoms with Crippen molar-refractivity contribution in [2.24, 2.45) is 0 Å². The van der Waals surface area contributed by atoms with Gasteiger partial charge in [-0.05, 0) is 37.1 Å². The number of rotatable bonds is 3. The Balaban J connectivity index is 1.79. The van der Waals surface area contributed by atoms with Crippen LogP contribution in [0.4, 0.5) is 0 Å². The lowest BCUT2D eigenvalue weighted by Gasteiger charge is -2.25. The molecule has 3 rings (SSSR count). The molecule has 1 saturated heterocycles. The van der Waals surface area contributed by atoms with E-state index in [-0.39, 0.29) is 0 Å². The average molecular weight is 258 g/mol. The summed E-state index contributed by atoms with van der Waals surface area (Å²) in [5.74, 6) is 1.70. The van der Waals surface area contributed by atoms with E-state index in [1.54, 1.807) is 0 Å². The predicted octanol–water partition coefficient (Wildman–Crippen LogP) is 2.51. The molecule has 0 bridgehead atoms. The van der Waals surface area contributed by atoms with Crippen molar-refractivity contribution >= 4 is 0 Å². The maximum absolute atomic E-state index is 8.73. The summed E-state index contributed by atoms with van der Waals surface area (Å²) in [7, 11) is 0. The van der Waals surface area contributed by atoms with E-state index in [2.05, 4.69) is 23.1 Å². The molecule has 2 aliphatic rings. The van der Waals surface area contributed by atoms with Gasteiger partial charge < -0.3 is 9.47 Å². The van der Waals surface area contributed by atoms with Crippen LogP contribution in [0.15, 0.2) is 18.2 Å². The Bertz CT molecular complexity index is 495. The summed E-state index contributed by atoms with van der Waals surface area (Å²) in [4.78, 5) is 2.40. The van der Waals surface area contributed by atoms with Crippen LogP contribution in [0.2, 0.25) is 0 Å². The van der Waals surface area contributed by atoms with Gasteiger partial charge in [0.2, 0.25) is 0 Å². The second-order valence-corrected chi connectivity index (χ2v) is 5.01. The minimum Gasteiger partial charge on any atom is -0.486 e. The van der Waals surface area contributed by atoms with Gasteiger partial charge in [0.25, 0.3) is 0 Å². The molecular formula is C15H18N2O2. The minimum absolute atomic E-state index is 0.421. The molecule has 1 atom stereocenters. The van der Waals surface area contributed by atoms with Crippen LogP contribution in [0.3, 0.4) is 0 Å². The van der Waals surface area contributed by atoms with Crippen molar-refractivity contribution in [3.8, 4) is 17.6 Å². The molecular weight excluding hydrogens is 240 g/mol. The van der Waals surface area contributed by atoms with Crippen molar-refractivity contribution in [2.75, 3.05) is 26.3 Å². The third-order valence-corrected chi connectivity index (χ3v) is 3.83. The number of likely N-dealkylation sites (tertiary alicyclic amines) is 1. The molecule has 0 radical (unpaired) electrons. The fourth-order valence-electron chi connectivity index (χ4n) is 2.93. The van der Waals surface area contributed by atoms with Gasteiger partial charge >= 0.3 is 0 Å². The van der Waals surface area contributed by atoms with Gasteiger partial charge in [-0.25, -0.2) is 0 Å². The Kier molecular flexibility index (Phi) is 3.56. The summed E-state index contributed by atoms with van der Waals surface area (Å²) < 4.78 is 11.2. The maximum atomic E-state index is 8.73. The quantitative estimate of drug-likeness (QED) is 0.835. The van der Waals surface area contributed by atoms with Gasteiger partial charge in [-0.3, -0.25) is 4.90 Å².